The molecule has 15 heavy (non-hydrogen) atoms. The molecule has 0 bridgehead atoms. The summed E-state index contributed by atoms with van der Waals surface area (Å²) in [6, 6.07) is 0. The van der Waals surface area contributed by atoms with Gasteiger partial charge in [-0.2, -0.15) is 4.68 Å². The SMILES string of the molecule is O=C(O)CCCn1cc(Cl)c([N+](=O)[O-])n1. The van der Waals surface area contributed by atoms with Gasteiger partial charge >= 0.3 is 11.8 Å². The van der Waals surface area contributed by atoms with E-state index in [-0.39, 0.29) is 11.4 Å². The normalized spacial score (nSPS) is 10.2. The first-order valence-corrected chi connectivity index (χ1v) is 4.47. The predicted molar refractivity (Wildman–Crippen MR) is 50.8 cm³/mol. The molecule has 0 amide bonds. The molecule has 0 aliphatic rings. The number of hydrogen-bond acceptors (Lipinski definition) is 4. The van der Waals surface area contributed by atoms with Crippen LogP contribution in [-0.4, -0.2) is 25.8 Å². The molecule has 0 aliphatic heterocycles. The lowest BCUT2D eigenvalue weighted by atomic mass is 10.3. The van der Waals surface area contributed by atoms with Gasteiger partial charge in [0.05, 0.1) is 17.8 Å². The number of aromatic nitrogens is 2. The van der Waals surface area contributed by atoms with E-state index >= 15 is 0 Å². The predicted octanol–water partition coefficient (Wildman–Crippen LogP) is 1.31. The van der Waals surface area contributed by atoms with Crippen LogP contribution in [0.3, 0.4) is 0 Å². The molecule has 0 atom stereocenters. The summed E-state index contributed by atoms with van der Waals surface area (Å²) >= 11 is 5.54. The maximum atomic E-state index is 10.4. The largest absolute Gasteiger partial charge is 0.481 e. The highest BCUT2D eigenvalue weighted by Crippen LogP contribution is 2.21. The maximum Gasteiger partial charge on any atom is 0.408 e. The molecule has 0 saturated carbocycles. The molecule has 1 N–H and O–H groups in total. The summed E-state index contributed by atoms with van der Waals surface area (Å²) in [5.41, 5.74) is 0. The minimum absolute atomic E-state index is 0.00865. The number of carbonyl (C=O) groups is 1. The summed E-state index contributed by atoms with van der Waals surface area (Å²) < 4.78 is 1.27. The summed E-state index contributed by atoms with van der Waals surface area (Å²) in [6.45, 7) is 0.292. The van der Waals surface area contributed by atoms with Crippen LogP contribution in [0.2, 0.25) is 5.02 Å². The molecule has 1 heterocycles. The number of halogens is 1. The third-order valence-electron chi connectivity index (χ3n) is 1.65. The Balaban J connectivity index is 2.59. The Bertz CT molecular complexity index is 390. The van der Waals surface area contributed by atoms with E-state index in [4.69, 9.17) is 16.7 Å². The lowest BCUT2D eigenvalue weighted by Gasteiger charge is -1.93. The molecule has 0 radical (unpaired) electrons. The van der Waals surface area contributed by atoms with Crippen LogP contribution in [0.15, 0.2) is 6.20 Å². The zero-order chi connectivity index (χ0) is 11.4. The van der Waals surface area contributed by atoms with Crippen LogP contribution in [0.1, 0.15) is 12.8 Å². The third kappa shape index (κ3) is 3.21. The van der Waals surface area contributed by atoms with Crippen molar-refractivity contribution >= 4 is 23.4 Å². The molecule has 1 aromatic rings. The van der Waals surface area contributed by atoms with Crippen LogP contribution in [0, 0.1) is 10.1 Å². The fraction of sp³-hybridized carbons (Fsp3) is 0.429. The minimum Gasteiger partial charge on any atom is -0.481 e. The third-order valence-corrected chi connectivity index (χ3v) is 1.92. The van der Waals surface area contributed by atoms with Crippen molar-refractivity contribution in [3.63, 3.8) is 0 Å². The lowest BCUT2D eigenvalue weighted by molar-refractivity contribution is -0.389. The second-order valence-electron chi connectivity index (χ2n) is 2.82. The van der Waals surface area contributed by atoms with Crippen molar-refractivity contribution in [3.8, 4) is 0 Å². The highest BCUT2D eigenvalue weighted by atomic mass is 35.5. The average Bonchev–Trinajstić information content (AvgIpc) is 2.46. The smallest absolute Gasteiger partial charge is 0.408 e. The number of aryl methyl sites for hydroxylation is 1. The molecule has 0 unspecified atom stereocenters. The lowest BCUT2D eigenvalue weighted by Crippen LogP contribution is -2.03. The maximum absolute atomic E-state index is 10.4. The first-order chi connectivity index (χ1) is 7.00. The standard InChI is InChI=1S/C7H8ClN3O4/c8-5-4-10(3-1-2-6(12)13)9-7(5)11(14)15/h4H,1-3H2,(H,12,13). The molecule has 1 aromatic heterocycles. The van der Waals surface area contributed by atoms with Crippen molar-refractivity contribution in [2.75, 3.05) is 0 Å². The Morgan fingerprint density at radius 3 is 2.87 bits per heavy atom. The van der Waals surface area contributed by atoms with Crippen LogP contribution in [-0.2, 0) is 11.3 Å². The summed E-state index contributed by atoms with van der Waals surface area (Å²) in [4.78, 5) is 19.9. The van der Waals surface area contributed by atoms with Crippen LogP contribution in [0.5, 0.6) is 0 Å². The van der Waals surface area contributed by atoms with Crippen LogP contribution in [0.4, 0.5) is 5.82 Å². The topological polar surface area (TPSA) is 98.3 Å². The van der Waals surface area contributed by atoms with Gasteiger partial charge in [-0.15, -0.1) is 0 Å². The molecule has 8 heteroatoms. The van der Waals surface area contributed by atoms with Crippen LogP contribution >= 0.6 is 11.6 Å². The van der Waals surface area contributed by atoms with Gasteiger partial charge in [0.1, 0.15) is 0 Å². The first kappa shape index (κ1) is 11.4. The number of hydrogen-bond donors (Lipinski definition) is 1. The Labute approximate surface area is 89.4 Å². The quantitative estimate of drug-likeness (QED) is 0.611. The summed E-state index contributed by atoms with van der Waals surface area (Å²) in [5.74, 6) is -1.32. The van der Waals surface area contributed by atoms with E-state index in [0.717, 1.165) is 0 Å². The first-order valence-electron chi connectivity index (χ1n) is 4.10. The Kier molecular flexibility index (Phi) is 3.62. The van der Waals surface area contributed by atoms with Gasteiger partial charge in [-0.1, -0.05) is 11.6 Å². The van der Waals surface area contributed by atoms with Crippen LogP contribution in [0.25, 0.3) is 0 Å². The number of nitrogens with zero attached hydrogens (tertiary/aromatic N) is 3. The van der Waals surface area contributed by atoms with E-state index in [0.29, 0.717) is 13.0 Å². The fourth-order valence-corrected chi connectivity index (χ4v) is 1.24. The molecule has 7 nitrogen and oxygen atoms in total. The highest BCUT2D eigenvalue weighted by molar-refractivity contribution is 6.32. The van der Waals surface area contributed by atoms with Crippen molar-refractivity contribution < 1.29 is 14.8 Å². The molecular weight excluding hydrogens is 226 g/mol. The summed E-state index contributed by atoms with van der Waals surface area (Å²) in [7, 11) is 0. The van der Waals surface area contributed by atoms with Crippen LogP contribution < -0.4 is 0 Å². The van der Waals surface area contributed by atoms with Gasteiger partial charge in [0.25, 0.3) is 0 Å². The van der Waals surface area contributed by atoms with E-state index in [2.05, 4.69) is 5.10 Å². The van der Waals surface area contributed by atoms with E-state index in [1.54, 1.807) is 0 Å². The Hall–Kier alpha value is -1.63. The van der Waals surface area contributed by atoms with Gasteiger partial charge in [0.15, 0.2) is 5.02 Å². The average molecular weight is 234 g/mol. The van der Waals surface area contributed by atoms with Gasteiger partial charge in [0, 0.05) is 6.42 Å². The van der Waals surface area contributed by atoms with Gasteiger partial charge < -0.3 is 15.2 Å². The van der Waals surface area contributed by atoms with Crippen molar-refractivity contribution in [1.82, 2.24) is 9.78 Å². The van der Waals surface area contributed by atoms with Gasteiger partial charge in [-0.3, -0.25) is 4.79 Å². The molecule has 0 saturated heterocycles. The molecule has 0 spiro atoms. The van der Waals surface area contributed by atoms with E-state index in [9.17, 15) is 14.9 Å². The van der Waals surface area contributed by atoms with Crippen molar-refractivity contribution in [1.29, 1.82) is 0 Å². The van der Waals surface area contributed by atoms with Crippen molar-refractivity contribution in [3.05, 3.63) is 21.3 Å². The molecular formula is C7H8ClN3O4. The second-order valence-corrected chi connectivity index (χ2v) is 3.23. The number of nitro groups is 1. The monoisotopic (exact) mass is 233 g/mol. The minimum atomic E-state index is -0.914. The fourth-order valence-electron chi connectivity index (χ4n) is 1.02. The Morgan fingerprint density at radius 2 is 2.40 bits per heavy atom. The zero-order valence-electron chi connectivity index (χ0n) is 7.59. The van der Waals surface area contributed by atoms with E-state index in [1.807, 2.05) is 0 Å². The van der Waals surface area contributed by atoms with Gasteiger partial charge in [-0.05, 0) is 11.3 Å². The molecule has 1 rings (SSSR count). The zero-order valence-corrected chi connectivity index (χ0v) is 8.35. The summed E-state index contributed by atoms with van der Waals surface area (Å²) in [6.07, 6.45) is 1.65. The number of carboxylic acid groups (broad SMARTS) is 1. The second kappa shape index (κ2) is 4.74. The number of aliphatic carboxylic acids is 1. The molecule has 0 aliphatic carbocycles. The van der Waals surface area contributed by atoms with Gasteiger partial charge in [0.2, 0.25) is 0 Å². The Morgan fingerprint density at radius 1 is 1.73 bits per heavy atom. The molecule has 0 aromatic carbocycles. The molecule has 82 valence electrons. The van der Waals surface area contributed by atoms with E-state index < -0.39 is 16.7 Å². The highest BCUT2D eigenvalue weighted by Gasteiger charge is 2.18. The number of carboxylic acids is 1. The van der Waals surface area contributed by atoms with Crippen molar-refractivity contribution in [2.45, 2.75) is 19.4 Å². The van der Waals surface area contributed by atoms with Crippen molar-refractivity contribution in [2.24, 2.45) is 0 Å². The number of rotatable bonds is 5. The van der Waals surface area contributed by atoms with Gasteiger partial charge in [-0.25, -0.2) is 0 Å². The molecule has 0 fully saturated rings. The summed E-state index contributed by atoms with van der Waals surface area (Å²) in [5, 5.41) is 22.3. The van der Waals surface area contributed by atoms with E-state index in [1.165, 1.54) is 10.9 Å².